The summed E-state index contributed by atoms with van der Waals surface area (Å²) in [5.74, 6) is 0.569. The van der Waals surface area contributed by atoms with Crippen molar-refractivity contribution in [2.24, 2.45) is 5.92 Å². The van der Waals surface area contributed by atoms with Gasteiger partial charge in [-0.3, -0.25) is 0 Å². The summed E-state index contributed by atoms with van der Waals surface area (Å²) < 4.78 is 0. The Hall–Kier alpha value is 0.210. The summed E-state index contributed by atoms with van der Waals surface area (Å²) in [6, 6.07) is 0.273. The quantitative estimate of drug-likeness (QED) is 0.656. The van der Waals surface area contributed by atoms with Gasteiger partial charge in [0.15, 0.2) is 0 Å². The van der Waals surface area contributed by atoms with Gasteiger partial charge in [-0.05, 0) is 13.0 Å². The van der Waals surface area contributed by atoms with Gasteiger partial charge in [-0.2, -0.15) is 0 Å². The van der Waals surface area contributed by atoms with Gasteiger partial charge in [-0.1, -0.05) is 20.3 Å². The van der Waals surface area contributed by atoms with Gasteiger partial charge in [-0.25, -0.2) is 0 Å². The maximum Gasteiger partial charge on any atom is 0.0587 e. The highest BCUT2D eigenvalue weighted by Gasteiger charge is 2.10. The molecule has 0 unspecified atom stereocenters. The summed E-state index contributed by atoms with van der Waals surface area (Å²) in [7, 11) is 1.88. The van der Waals surface area contributed by atoms with Crippen molar-refractivity contribution >= 4 is 12.4 Å². The van der Waals surface area contributed by atoms with E-state index in [1.54, 1.807) is 0 Å². The average molecular weight is 168 g/mol. The second kappa shape index (κ2) is 7.32. The lowest BCUT2D eigenvalue weighted by molar-refractivity contribution is 0.209. The Morgan fingerprint density at radius 1 is 1.50 bits per heavy atom. The molecule has 2 N–H and O–H groups in total. The first-order chi connectivity index (χ1) is 4.26. The van der Waals surface area contributed by atoms with Crippen molar-refractivity contribution in [3.05, 3.63) is 0 Å². The predicted molar refractivity (Wildman–Crippen MR) is 46.6 cm³/mol. The fourth-order valence-corrected chi connectivity index (χ4v) is 0.840. The van der Waals surface area contributed by atoms with E-state index in [0.717, 1.165) is 6.42 Å². The van der Waals surface area contributed by atoms with E-state index in [2.05, 4.69) is 19.2 Å². The smallest absolute Gasteiger partial charge is 0.0587 e. The summed E-state index contributed by atoms with van der Waals surface area (Å²) in [5.41, 5.74) is 0. The number of hydrogen-bond acceptors (Lipinski definition) is 2. The molecule has 0 rings (SSSR count). The van der Waals surface area contributed by atoms with Crippen molar-refractivity contribution in [2.45, 2.75) is 26.3 Å². The molecule has 2 atom stereocenters. The maximum atomic E-state index is 8.77. The molecule has 0 aliphatic carbocycles. The Morgan fingerprint density at radius 3 is 2.10 bits per heavy atom. The van der Waals surface area contributed by atoms with Gasteiger partial charge in [0.2, 0.25) is 0 Å². The van der Waals surface area contributed by atoms with Crippen molar-refractivity contribution in [1.29, 1.82) is 0 Å². The predicted octanol–water partition coefficient (Wildman–Crippen LogP) is 1.03. The van der Waals surface area contributed by atoms with E-state index in [4.69, 9.17) is 5.11 Å². The van der Waals surface area contributed by atoms with Crippen molar-refractivity contribution < 1.29 is 5.11 Å². The SMILES string of the molecule is CC[C@H](C)[C@@H](CO)NC.Cl. The summed E-state index contributed by atoms with van der Waals surface area (Å²) >= 11 is 0. The topological polar surface area (TPSA) is 32.3 Å². The van der Waals surface area contributed by atoms with Gasteiger partial charge in [0.05, 0.1) is 6.61 Å². The van der Waals surface area contributed by atoms with Crippen LogP contribution in [0.4, 0.5) is 0 Å². The van der Waals surface area contributed by atoms with E-state index in [0.29, 0.717) is 5.92 Å². The van der Waals surface area contributed by atoms with Crippen LogP contribution in [-0.4, -0.2) is 24.8 Å². The molecule has 0 saturated heterocycles. The van der Waals surface area contributed by atoms with E-state index < -0.39 is 0 Å². The normalized spacial score (nSPS) is 15.6. The molecule has 3 heteroatoms. The van der Waals surface area contributed by atoms with E-state index in [-0.39, 0.29) is 25.1 Å². The molecule has 0 aromatic rings. The molecule has 0 saturated carbocycles. The molecule has 0 fully saturated rings. The van der Waals surface area contributed by atoms with E-state index in [9.17, 15) is 0 Å². The molecule has 0 aliphatic heterocycles. The fraction of sp³-hybridized carbons (Fsp3) is 1.00. The summed E-state index contributed by atoms with van der Waals surface area (Å²) in [5, 5.41) is 11.8. The Kier molecular flexibility index (Phi) is 9.40. The molecule has 0 heterocycles. The summed E-state index contributed by atoms with van der Waals surface area (Å²) in [6.07, 6.45) is 1.12. The van der Waals surface area contributed by atoms with Crippen LogP contribution in [0.5, 0.6) is 0 Å². The molecule has 0 aliphatic rings. The molecule has 0 bridgehead atoms. The first kappa shape index (κ1) is 12.8. The van der Waals surface area contributed by atoms with Crippen LogP contribution in [-0.2, 0) is 0 Å². The molecule has 0 aromatic heterocycles. The van der Waals surface area contributed by atoms with Gasteiger partial charge in [0.25, 0.3) is 0 Å². The Balaban J connectivity index is 0. The lowest BCUT2D eigenvalue weighted by Gasteiger charge is -2.19. The summed E-state index contributed by atoms with van der Waals surface area (Å²) in [6.45, 7) is 4.51. The Labute approximate surface area is 69.4 Å². The average Bonchev–Trinajstić information content (AvgIpc) is 1.90. The minimum atomic E-state index is 0. The molecule has 0 spiro atoms. The highest BCUT2D eigenvalue weighted by Crippen LogP contribution is 2.05. The third-order valence-corrected chi connectivity index (χ3v) is 1.90. The van der Waals surface area contributed by atoms with Crippen LogP contribution >= 0.6 is 12.4 Å². The lowest BCUT2D eigenvalue weighted by atomic mass is 10.0. The Morgan fingerprint density at radius 2 is 2.00 bits per heavy atom. The Bertz CT molecular complexity index is 66.6. The highest BCUT2D eigenvalue weighted by molar-refractivity contribution is 5.85. The van der Waals surface area contributed by atoms with Crippen LogP contribution in [0.1, 0.15) is 20.3 Å². The molecule has 0 aromatic carbocycles. The van der Waals surface area contributed by atoms with Gasteiger partial charge in [-0.15, -0.1) is 12.4 Å². The monoisotopic (exact) mass is 167 g/mol. The zero-order chi connectivity index (χ0) is 7.28. The van der Waals surface area contributed by atoms with E-state index in [1.165, 1.54) is 0 Å². The molecular weight excluding hydrogens is 150 g/mol. The molecule has 64 valence electrons. The number of hydrogen-bond donors (Lipinski definition) is 2. The van der Waals surface area contributed by atoms with Crippen LogP contribution in [0.2, 0.25) is 0 Å². The maximum absolute atomic E-state index is 8.77. The lowest BCUT2D eigenvalue weighted by Crippen LogP contribution is -2.34. The van der Waals surface area contributed by atoms with Gasteiger partial charge >= 0.3 is 0 Å². The number of aliphatic hydroxyl groups excluding tert-OH is 1. The second-order valence-corrected chi connectivity index (χ2v) is 2.46. The van der Waals surface area contributed by atoms with E-state index in [1.807, 2.05) is 7.05 Å². The minimum Gasteiger partial charge on any atom is -0.395 e. The van der Waals surface area contributed by atoms with Gasteiger partial charge in [0.1, 0.15) is 0 Å². The van der Waals surface area contributed by atoms with Gasteiger partial charge < -0.3 is 10.4 Å². The number of aliphatic hydroxyl groups is 1. The molecule has 10 heavy (non-hydrogen) atoms. The molecular formula is C7H18ClNO. The van der Waals surface area contributed by atoms with Crippen LogP contribution in [0.3, 0.4) is 0 Å². The van der Waals surface area contributed by atoms with Crippen LogP contribution in [0.15, 0.2) is 0 Å². The third kappa shape index (κ3) is 4.09. The molecule has 0 radical (unpaired) electrons. The van der Waals surface area contributed by atoms with E-state index >= 15 is 0 Å². The van der Waals surface area contributed by atoms with Crippen LogP contribution in [0, 0.1) is 5.92 Å². The fourth-order valence-electron chi connectivity index (χ4n) is 0.840. The molecule has 0 amide bonds. The first-order valence-electron chi connectivity index (χ1n) is 3.54. The van der Waals surface area contributed by atoms with Gasteiger partial charge in [0, 0.05) is 6.04 Å². The highest BCUT2D eigenvalue weighted by atomic mass is 35.5. The summed E-state index contributed by atoms with van der Waals surface area (Å²) in [4.78, 5) is 0. The van der Waals surface area contributed by atoms with Crippen LogP contribution < -0.4 is 5.32 Å². The van der Waals surface area contributed by atoms with Crippen molar-refractivity contribution in [3.8, 4) is 0 Å². The van der Waals surface area contributed by atoms with Crippen molar-refractivity contribution in [3.63, 3.8) is 0 Å². The standard InChI is InChI=1S/C7H17NO.ClH/c1-4-6(2)7(5-9)8-3;/h6-9H,4-5H2,1-3H3;1H/t6-,7+;/m0./s1. The zero-order valence-corrected chi connectivity index (χ0v) is 7.74. The second-order valence-electron chi connectivity index (χ2n) is 2.46. The minimum absolute atomic E-state index is 0. The first-order valence-corrected chi connectivity index (χ1v) is 3.54. The van der Waals surface area contributed by atoms with Crippen molar-refractivity contribution in [2.75, 3.05) is 13.7 Å². The number of likely N-dealkylation sites (N-methyl/N-ethyl adjacent to an activating group) is 1. The van der Waals surface area contributed by atoms with Crippen molar-refractivity contribution in [1.82, 2.24) is 5.32 Å². The number of nitrogens with one attached hydrogen (secondary N) is 1. The largest absolute Gasteiger partial charge is 0.395 e. The van der Waals surface area contributed by atoms with Crippen LogP contribution in [0.25, 0.3) is 0 Å². The number of halogens is 1. The zero-order valence-electron chi connectivity index (χ0n) is 6.92. The number of rotatable bonds is 4. The molecule has 2 nitrogen and oxygen atoms in total. The third-order valence-electron chi connectivity index (χ3n) is 1.90.